The highest BCUT2D eigenvalue weighted by Crippen LogP contribution is 2.64. The van der Waals surface area contributed by atoms with Crippen LogP contribution < -0.4 is 9.80 Å². The predicted octanol–water partition coefficient (Wildman–Crippen LogP) is 8.82. The maximum Gasteiger partial charge on any atom is 0.242 e. The van der Waals surface area contributed by atoms with Crippen LogP contribution >= 0.6 is 50.5 Å². The van der Waals surface area contributed by atoms with Gasteiger partial charge in [0.1, 0.15) is 17.3 Å². The molecule has 2 aromatic heterocycles. The molecule has 0 spiro atoms. The largest absolute Gasteiger partial charge is 0.508 e. The van der Waals surface area contributed by atoms with Crippen molar-refractivity contribution in [1.82, 2.24) is 9.78 Å². The average molecular weight is 831 g/mol. The van der Waals surface area contributed by atoms with Crippen molar-refractivity contribution in [2.75, 3.05) is 9.80 Å². The van der Waals surface area contributed by atoms with E-state index in [4.69, 9.17) is 28.3 Å². The summed E-state index contributed by atoms with van der Waals surface area (Å²) in [6, 6.07) is 19.2. The molecule has 6 atom stereocenters. The number of aromatic nitrogens is 2. The second-order valence-electron chi connectivity index (χ2n) is 14.6. The van der Waals surface area contributed by atoms with Crippen LogP contribution in [0.2, 0.25) is 10.0 Å². The van der Waals surface area contributed by atoms with Gasteiger partial charge in [0.2, 0.25) is 23.6 Å². The van der Waals surface area contributed by atoms with Gasteiger partial charge in [-0.25, -0.2) is 4.90 Å². The monoisotopic (exact) mass is 828 g/mol. The standard InChI is InChI=1S/C40H31BrCl2N4O5S/c1-18-25-14-21(43)7-13-31(25)53-35(18)29-17-32(45(3)44-29)47-37(50)28-16-26-23(34(40(28,2)39(47)52)27-15-20(42)6-12-30(27)48)10-11-24-33(26)38(51)46(36(24)49)22-8-4-19(41)5-9-22/h4-10,12-15,17,24,26,28,33-34,48H,11,16H2,1-3H3. The zero-order valence-electron chi connectivity index (χ0n) is 28.6. The fraction of sp³-hybridized carbons (Fsp3) is 0.275. The van der Waals surface area contributed by atoms with E-state index in [0.29, 0.717) is 32.8 Å². The van der Waals surface area contributed by atoms with E-state index in [1.807, 2.05) is 31.2 Å². The molecule has 1 saturated carbocycles. The third-order valence-electron chi connectivity index (χ3n) is 11.9. The van der Waals surface area contributed by atoms with Gasteiger partial charge in [-0.15, -0.1) is 11.3 Å². The number of amides is 4. The van der Waals surface area contributed by atoms with Crippen LogP contribution in [0.15, 0.2) is 82.9 Å². The van der Waals surface area contributed by atoms with Crippen LogP contribution in [-0.4, -0.2) is 38.5 Å². The number of nitrogens with zero attached hydrogens (tertiary/aromatic N) is 4. The Labute approximate surface area is 326 Å². The first-order chi connectivity index (χ1) is 25.3. The summed E-state index contributed by atoms with van der Waals surface area (Å²) in [4.78, 5) is 61.6. The fourth-order valence-electron chi connectivity index (χ4n) is 9.39. The summed E-state index contributed by atoms with van der Waals surface area (Å²) < 4.78 is 3.40. The molecule has 2 aliphatic carbocycles. The van der Waals surface area contributed by atoms with E-state index in [-0.39, 0.29) is 30.4 Å². The third-order valence-corrected chi connectivity index (χ3v) is 14.2. The van der Waals surface area contributed by atoms with Crippen LogP contribution in [-0.2, 0) is 26.2 Å². The minimum absolute atomic E-state index is 0.0739. The first-order valence-electron chi connectivity index (χ1n) is 17.2. The number of aryl methyl sites for hydroxylation is 2. The number of phenols is 1. The Morgan fingerprint density at radius 3 is 2.38 bits per heavy atom. The van der Waals surface area contributed by atoms with Crippen molar-refractivity contribution in [3.63, 3.8) is 0 Å². The molecule has 13 heteroatoms. The van der Waals surface area contributed by atoms with Crippen molar-refractivity contribution in [3.8, 4) is 16.3 Å². The molecule has 6 unspecified atom stereocenters. The molecule has 3 aromatic carbocycles. The first-order valence-corrected chi connectivity index (χ1v) is 19.6. The summed E-state index contributed by atoms with van der Waals surface area (Å²) >= 11 is 17.8. The molecule has 268 valence electrons. The van der Waals surface area contributed by atoms with Gasteiger partial charge in [-0.2, -0.15) is 5.10 Å². The van der Waals surface area contributed by atoms with Crippen LogP contribution in [0, 0.1) is 36.0 Å². The van der Waals surface area contributed by atoms with Crippen LogP contribution in [0.3, 0.4) is 0 Å². The molecule has 2 aliphatic heterocycles. The summed E-state index contributed by atoms with van der Waals surface area (Å²) in [6.07, 6.45) is 2.41. The van der Waals surface area contributed by atoms with Gasteiger partial charge in [-0.3, -0.25) is 28.8 Å². The minimum Gasteiger partial charge on any atom is -0.508 e. The molecule has 2 saturated heterocycles. The molecule has 4 heterocycles. The Bertz CT molecular complexity index is 2490. The van der Waals surface area contributed by atoms with Gasteiger partial charge in [-0.05, 0) is 104 Å². The summed E-state index contributed by atoms with van der Waals surface area (Å²) in [5, 5.41) is 18.1. The summed E-state index contributed by atoms with van der Waals surface area (Å²) in [7, 11) is 1.70. The Balaban J connectivity index is 1.16. The van der Waals surface area contributed by atoms with E-state index in [1.165, 1.54) is 15.9 Å². The van der Waals surface area contributed by atoms with Gasteiger partial charge >= 0.3 is 0 Å². The number of fused-ring (bicyclic) bond motifs is 5. The van der Waals surface area contributed by atoms with Gasteiger partial charge in [0, 0.05) is 43.8 Å². The number of benzene rings is 3. The summed E-state index contributed by atoms with van der Waals surface area (Å²) in [5.74, 6) is -4.82. The smallest absolute Gasteiger partial charge is 0.242 e. The minimum atomic E-state index is -1.36. The lowest BCUT2D eigenvalue weighted by Crippen LogP contribution is -2.49. The molecule has 3 fully saturated rings. The SMILES string of the molecule is Cc1c(-c2cc(N3C(=O)C4CC5C(=CCC6C(=O)N(c7ccc(Br)cc7)C(=O)C65)C(c5cc(Cl)ccc5O)C4(C)C3=O)n(C)n2)sc2ccc(Cl)cc12. The number of thiophene rings is 1. The topological polar surface area (TPSA) is 113 Å². The van der Waals surface area contributed by atoms with Crippen molar-refractivity contribution in [2.24, 2.45) is 36.1 Å². The Kier molecular flexibility index (Phi) is 7.88. The second-order valence-corrected chi connectivity index (χ2v) is 17.4. The third kappa shape index (κ3) is 4.89. The van der Waals surface area contributed by atoms with Crippen LogP contribution in [0.4, 0.5) is 11.5 Å². The van der Waals surface area contributed by atoms with Gasteiger partial charge in [-0.1, -0.05) is 50.8 Å². The van der Waals surface area contributed by atoms with E-state index in [2.05, 4.69) is 15.9 Å². The normalized spacial score (nSPS) is 26.7. The molecule has 4 aliphatic rings. The van der Waals surface area contributed by atoms with Crippen molar-refractivity contribution < 1.29 is 24.3 Å². The molecule has 0 radical (unpaired) electrons. The van der Waals surface area contributed by atoms with E-state index >= 15 is 4.79 Å². The van der Waals surface area contributed by atoms with Crippen molar-refractivity contribution >= 4 is 95.7 Å². The molecule has 4 amide bonds. The van der Waals surface area contributed by atoms with E-state index in [1.54, 1.807) is 72.5 Å². The van der Waals surface area contributed by atoms with Gasteiger partial charge < -0.3 is 5.11 Å². The van der Waals surface area contributed by atoms with Gasteiger partial charge in [0.25, 0.3) is 0 Å². The molecule has 53 heavy (non-hydrogen) atoms. The van der Waals surface area contributed by atoms with E-state index in [9.17, 15) is 19.5 Å². The molecular formula is C40H31BrCl2N4O5S. The van der Waals surface area contributed by atoms with Crippen LogP contribution in [0.1, 0.15) is 36.8 Å². The zero-order chi connectivity index (χ0) is 37.2. The number of carbonyl (C=O) groups excluding carboxylic acids is 4. The quantitative estimate of drug-likeness (QED) is 0.143. The Hall–Kier alpha value is -4.29. The Morgan fingerprint density at radius 2 is 1.62 bits per heavy atom. The summed E-state index contributed by atoms with van der Waals surface area (Å²) in [5.41, 5.74) is 1.88. The number of anilines is 2. The molecule has 1 N–H and O–H groups in total. The molecular weight excluding hydrogens is 799 g/mol. The van der Waals surface area contributed by atoms with E-state index in [0.717, 1.165) is 30.6 Å². The van der Waals surface area contributed by atoms with Crippen LogP contribution in [0.5, 0.6) is 5.75 Å². The van der Waals surface area contributed by atoms with Gasteiger partial charge in [0.15, 0.2) is 0 Å². The highest BCUT2D eigenvalue weighted by molar-refractivity contribution is 9.10. The maximum atomic E-state index is 15.1. The number of halogens is 3. The van der Waals surface area contributed by atoms with Crippen molar-refractivity contribution in [1.29, 1.82) is 0 Å². The number of rotatable bonds is 4. The number of imide groups is 2. The lowest BCUT2D eigenvalue weighted by molar-refractivity contribution is -0.131. The lowest BCUT2D eigenvalue weighted by atomic mass is 9.51. The van der Waals surface area contributed by atoms with Gasteiger partial charge in [0.05, 0.1) is 33.7 Å². The number of phenolic OH excluding ortho intramolecular Hbond substituents is 1. The fourth-order valence-corrected chi connectivity index (χ4v) is 11.2. The highest BCUT2D eigenvalue weighted by atomic mass is 79.9. The highest BCUT2D eigenvalue weighted by Gasteiger charge is 2.68. The molecule has 9 nitrogen and oxygen atoms in total. The number of hydrogen-bond donors (Lipinski definition) is 1. The maximum absolute atomic E-state index is 15.1. The molecule has 9 rings (SSSR count). The number of carbonyl (C=O) groups is 4. The molecule has 0 bridgehead atoms. The van der Waals surface area contributed by atoms with Crippen LogP contribution in [0.25, 0.3) is 20.7 Å². The zero-order valence-corrected chi connectivity index (χ0v) is 32.6. The average Bonchev–Trinajstić information content (AvgIpc) is 3.80. The van der Waals surface area contributed by atoms with Crippen molar-refractivity contribution in [3.05, 3.63) is 104 Å². The second kappa shape index (κ2) is 12.1. The molecule has 5 aromatic rings. The number of aromatic hydroxyl groups is 1. The predicted molar refractivity (Wildman–Crippen MR) is 208 cm³/mol. The number of allylic oxidation sites excluding steroid dienone is 2. The lowest BCUT2D eigenvalue weighted by Gasteiger charge is -2.49. The van der Waals surface area contributed by atoms with E-state index < -0.39 is 46.8 Å². The van der Waals surface area contributed by atoms with Crippen molar-refractivity contribution in [2.45, 2.75) is 32.6 Å². The Morgan fingerprint density at radius 1 is 0.906 bits per heavy atom. The first kappa shape index (κ1) is 34.5. The summed E-state index contributed by atoms with van der Waals surface area (Å²) in [6.45, 7) is 3.78. The number of hydrogen-bond acceptors (Lipinski definition) is 7.